The molecule has 0 unspecified atom stereocenters. The number of aromatic nitrogens is 4. The third kappa shape index (κ3) is 2.74. The molecule has 0 saturated carbocycles. The van der Waals surface area contributed by atoms with Gasteiger partial charge in [0.25, 0.3) is 5.91 Å². The van der Waals surface area contributed by atoms with Crippen LogP contribution < -0.4 is 10.6 Å². The average molecular weight is 351 g/mol. The van der Waals surface area contributed by atoms with Crippen LogP contribution in [0.2, 0.25) is 0 Å². The summed E-state index contributed by atoms with van der Waals surface area (Å²) in [4.78, 5) is 18.6. The number of nitrogens with one attached hydrogen (secondary N) is 1. The zero-order valence-electron chi connectivity index (χ0n) is 13.5. The van der Waals surface area contributed by atoms with Crippen LogP contribution >= 0.6 is 0 Å². The van der Waals surface area contributed by atoms with Gasteiger partial charge in [-0.25, -0.2) is 4.39 Å². The van der Waals surface area contributed by atoms with E-state index in [0.717, 1.165) is 0 Å². The van der Waals surface area contributed by atoms with Gasteiger partial charge in [-0.15, -0.1) is 10.2 Å². The molecule has 2 aromatic carbocycles. The Balaban J connectivity index is 1.88. The second-order valence-electron chi connectivity index (χ2n) is 5.67. The van der Waals surface area contributed by atoms with E-state index in [2.05, 4.69) is 25.6 Å². The Bertz CT molecular complexity index is 986. The summed E-state index contributed by atoms with van der Waals surface area (Å²) in [6.07, 6.45) is -1.18. The number of tetrazole rings is 1. The van der Waals surface area contributed by atoms with Crippen molar-refractivity contribution in [2.24, 2.45) is 10.7 Å². The molecule has 1 aliphatic heterocycles. The number of halogens is 1. The topological polar surface area (TPSA) is 113 Å². The number of aliphatic imine (C=N–C) groups is 1. The molecule has 4 rings (SSSR count). The predicted octanol–water partition coefficient (Wildman–Crippen LogP) is 1.01. The third-order valence-electron chi connectivity index (χ3n) is 4.05. The summed E-state index contributed by atoms with van der Waals surface area (Å²) in [5, 5.41) is 13.6. The van der Waals surface area contributed by atoms with E-state index in [9.17, 15) is 9.18 Å². The van der Waals surface area contributed by atoms with Crippen molar-refractivity contribution in [2.45, 2.75) is 12.7 Å². The molecule has 130 valence electrons. The summed E-state index contributed by atoms with van der Waals surface area (Å²) >= 11 is 0. The maximum atomic E-state index is 14.4. The van der Waals surface area contributed by atoms with Crippen molar-refractivity contribution in [1.82, 2.24) is 20.6 Å². The monoisotopic (exact) mass is 351 g/mol. The summed E-state index contributed by atoms with van der Waals surface area (Å²) in [5.41, 5.74) is 7.75. The first kappa shape index (κ1) is 16.0. The number of rotatable bonds is 3. The Hall–Kier alpha value is -3.46. The molecule has 8 nitrogen and oxygen atoms in total. The molecule has 3 aromatic rings. The number of nitrogens with zero attached hydrogens (tertiary/aromatic N) is 5. The first-order chi connectivity index (χ1) is 12.6. The number of amides is 1. The minimum atomic E-state index is -1.18. The second kappa shape index (κ2) is 6.45. The SMILES string of the molecule is N[C@@H]1N=C(c2ccccc2F)c2ccccc2N(Cc2nn[nH]n2)C1=O. The van der Waals surface area contributed by atoms with Gasteiger partial charge in [0.1, 0.15) is 5.82 Å². The third-order valence-corrected chi connectivity index (χ3v) is 4.05. The fraction of sp³-hybridized carbons (Fsp3) is 0.118. The van der Waals surface area contributed by atoms with Crippen LogP contribution in [0.1, 0.15) is 17.0 Å². The number of nitrogens with two attached hydrogens (primary N) is 1. The van der Waals surface area contributed by atoms with Gasteiger partial charge in [-0.05, 0) is 18.2 Å². The van der Waals surface area contributed by atoms with Gasteiger partial charge < -0.3 is 10.6 Å². The van der Waals surface area contributed by atoms with Crippen molar-refractivity contribution >= 4 is 17.3 Å². The van der Waals surface area contributed by atoms with Crippen molar-refractivity contribution in [1.29, 1.82) is 0 Å². The van der Waals surface area contributed by atoms with Crippen molar-refractivity contribution in [2.75, 3.05) is 4.90 Å². The van der Waals surface area contributed by atoms with E-state index in [0.29, 0.717) is 22.8 Å². The number of benzodiazepines with no additional fused rings is 1. The minimum Gasteiger partial charge on any atom is -0.302 e. The number of anilines is 1. The summed E-state index contributed by atoms with van der Waals surface area (Å²) in [6, 6.07) is 13.4. The van der Waals surface area contributed by atoms with E-state index >= 15 is 0 Å². The number of hydrogen-bond acceptors (Lipinski definition) is 6. The fourth-order valence-corrected chi connectivity index (χ4v) is 2.87. The zero-order valence-corrected chi connectivity index (χ0v) is 13.5. The van der Waals surface area contributed by atoms with Gasteiger partial charge in [0.05, 0.1) is 17.9 Å². The van der Waals surface area contributed by atoms with Crippen LogP contribution in [0.15, 0.2) is 53.5 Å². The Labute approximate surface area is 147 Å². The molecule has 0 bridgehead atoms. The maximum absolute atomic E-state index is 14.4. The predicted molar refractivity (Wildman–Crippen MR) is 91.8 cm³/mol. The molecule has 0 spiro atoms. The fourth-order valence-electron chi connectivity index (χ4n) is 2.87. The lowest BCUT2D eigenvalue weighted by Crippen LogP contribution is -2.42. The molecule has 0 saturated heterocycles. The molecule has 0 fully saturated rings. The van der Waals surface area contributed by atoms with Crippen LogP contribution in [-0.4, -0.2) is 38.4 Å². The minimum absolute atomic E-state index is 0.0696. The Kier molecular flexibility index (Phi) is 3.98. The number of hydrogen-bond donors (Lipinski definition) is 2. The summed E-state index contributed by atoms with van der Waals surface area (Å²) in [5.74, 6) is -0.546. The highest BCUT2D eigenvalue weighted by atomic mass is 19.1. The summed E-state index contributed by atoms with van der Waals surface area (Å²) in [7, 11) is 0. The first-order valence-corrected chi connectivity index (χ1v) is 7.86. The molecule has 1 aromatic heterocycles. The van der Waals surface area contributed by atoms with E-state index in [1.165, 1.54) is 11.0 Å². The highest BCUT2D eigenvalue weighted by molar-refractivity contribution is 6.20. The van der Waals surface area contributed by atoms with Crippen molar-refractivity contribution in [3.05, 3.63) is 71.3 Å². The van der Waals surface area contributed by atoms with Crippen LogP contribution in [-0.2, 0) is 11.3 Å². The average Bonchev–Trinajstić information content (AvgIpc) is 3.14. The van der Waals surface area contributed by atoms with Crippen LogP contribution in [0.4, 0.5) is 10.1 Å². The van der Waals surface area contributed by atoms with Gasteiger partial charge in [-0.2, -0.15) is 5.21 Å². The van der Waals surface area contributed by atoms with Crippen LogP contribution in [0.3, 0.4) is 0 Å². The molecule has 26 heavy (non-hydrogen) atoms. The van der Waals surface area contributed by atoms with E-state index in [4.69, 9.17) is 5.73 Å². The molecule has 9 heteroatoms. The number of aromatic amines is 1. The lowest BCUT2D eigenvalue weighted by Gasteiger charge is -2.22. The van der Waals surface area contributed by atoms with E-state index < -0.39 is 17.9 Å². The molecule has 1 amide bonds. The smallest absolute Gasteiger partial charge is 0.266 e. The van der Waals surface area contributed by atoms with E-state index in [1.807, 2.05) is 0 Å². The van der Waals surface area contributed by atoms with E-state index in [1.54, 1.807) is 42.5 Å². The van der Waals surface area contributed by atoms with Crippen LogP contribution in [0, 0.1) is 5.82 Å². The van der Waals surface area contributed by atoms with Gasteiger partial charge >= 0.3 is 0 Å². The summed E-state index contributed by atoms with van der Waals surface area (Å²) in [6.45, 7) is 0.0696. The molecular weight excluding hydrogens is 337 g/mol. The summed E-state index contributed by atoms with van der Waals surface area (Å²) < 4.78 is 14.4. The van der Waals surface area contributed by atoms with Crippen molar-refractivity contribution < 1.29 is 9.18 Å². The Morgan fingerprint density at radius 1 is 1.12 bits per heavy atom. The van der Waals surface area contributed by atoms with Crippen molar-refractivity contribution in [3.63, 3.8) is 0 Å². The maximum Gasteiger partial charge on any atom is 0.266 e. The highest BCUT2D eigenvalue weighted by Crippen LogP contribution is 2.29. The number of fused-ring (bicyclic) bond motifs is 1. The zero-order chi connectivity index (χ0) is 18.1. The van der Waals surface area contributed by atoms with Crippen LogP contribution in [0.5, 0.6) is 0 Å². The normalized spacial score (nSPS) is 16.8. The molecule has 3 N–H and O–H groups in total. The largest absolute Gasteiger partial charge is 0.302 e. The number of carbonyl (C=O) groups is 1. The van der Waals surface area contributed by atoms with Crippen LogP contribution in [0.25, 0.3) is 0 Å². The lowest BCUT2D eigenvalue weighted by molar-refractivity contribution is -0.119. The molecule has 0 aliphatic carbocycles. The number of para-hydroxylation sites is 1. The Morgan fingerprint density at radius 2 is 1.85 bits per heavy atom. The van der Waals surface area contributed by atoms with Crippen molar-refractivity contribution in [3.8, 4) is 0 Å². The standard InChI is InChI=1S/C17H14FN7O/c18-12-7-3-1-5-10(12)15-11-6-2-4-8-13(11)25(17(26)16(19)20-15)9-14-21-23-24-22-14/h1-8,16H,9,19H2,(H,21,22,23,24)/t16-/m1/s1. The van der Waals surface area contributed by atoms with Gasteiger partial charge in [-0.1, -0.05) is 35.5 Å². The molecule has 1 aliphatic rings. The lowest BCUT2D eigenvalue weighted by atomic mass is 9.99. The molecular formula is C17H14FN7O. The first-order valence-electron chi connectivity index (χ1n) is 7.86. The molecule has 2 heterocycles. The number of benzene rings is 2. The highest BCUT2D eigenvalue weighted by Gasteiger charge is 2.31. The van der Waals surface area contributed by atoms with Gasteiger partial charge in [-0.3, -0.25) is 9.79 Å². The molecule has 1 atom stereocenters. The number of carbonyl (C=O) groups excluding carboxylic acids is 1. The van der Waals surface area contributed by atoms with Gasteiger partial charge in [0.2, 0.25) is 0 Å². The molecule has 0 radical (unpaired) electrons. The number of H-pyrrole nitrogens is 1. The quantitative estimate of drug-likeness (QED) is 0.731. The van der Waals surface area contributed by atoms with Gasteiger partial charge in [0, 0.05) is 11.1 Å². The van der Waals surface area contributed by atoms with E-state index in [-0.39, 0.29) is 12.1 Å². The second-order valence-corrected chi connectivity index (χ2v) is 5.67. The Morgan fingerprint density at radius 3 is 2.58 bits per heavy atom. The van der Waals surface area contributed by atoms with Gasteiger partial charge in [0.15, 0.2) is 12.0 Å².